The fraction of sp³-hybridized carbons (Fsp3) is 0.450. The van der Waals surface area contributed by atoms with Gasteiger partial charge in [-0.2, -0.15) is 0 Å². The van der Waals surface area contributed by atoms with E-state index in [4.69, 9.17) is 18.9 Å². The van der Waals surface area contributed by atoms with Crippen LogP contribution in [0.3, 0.4) is 0 Å². The van der Waals surface area contributed by atoms with Gasteiger partial charge in [-0.1, -0.05) is 61.4 Å². The van der Waals surface area contributed by atoms with Gasteiger partial charge >= 0.3 is 11.9 Å². The summed E-state index contributed by atoms with van der Waals surface area (Å²) in [5.74, 6) is -0.0339. The lowest BCUT2D eigenvalue weighted by Gasteiger charge is -2.50. The number of carbonyl (C=O) groups excluding carboxylic acids is 2. The Morgan fingerprint density at radius 2 is 1.58 bits per heavy atom. The molecule has 0 saturated heterocycles. The highest BCUT2D eigenvalue weighted by Gasteiger charge is 2.50. The van der Waals surface area contributed by atoms with E-state index in [0.29, 0.717) is 43.6 Å². The van der Waals surface area contributed by atoms with Gasteiger partial charge in [0.05, 0.1) is 20.1 Å². The van der Waals surface area contributed by atoms with E-state index in [0.717, 1.165) is 47.9 Å². The van der Waals surface area contributed by atoms with Crippen molar-refractivity contribution in [2.45, 2.75) is 82.8 Å². The Morgan fingerprint density at radius 1 is 0.854 bits per heavy atom. The molecule has 0 unspecified atom stereocenters. The van der Waals surface area contributed by atoms with Crippen molar-refractivity contribution < 1.29 is 38.7 Å². The third kappa shape index (κ3) is 7.18. The van der Waals surface area contributed by atoms with Crippen LogP contribution >= 0.6 is 0 Å². The maximum Gasteiger partial charge on any atom is 0.309 e. The van der Waals surface area contributed by atoms with E-state index < -0.39 is 17.6 Å². The van der Waals surface area contributed by atoms with Crippen molar-refractivity contribution in [3.05, 3.63) is 89.0 Å². The first-order valence-electron chi connectivity index (χ1n) is 17.1. The third-order valence-corrected chi connectivity index (χ3v) is 10.7. The molecule has 0 radical (unpaired) electrons. The van der Waals surface area contributed by atoms with Crippen molar-refractivity contribution in [3.63, 3.8) is 0 Å². The van der Waals surface area contributed by atoms with Gasteiger partial charge in [0, 0.05) is 19.3 Å². The zero-order chi connectivity index (χ0) is 33.8. The molecule has 0 spiro atoms. The second-order valence-electron chi connectivity index (χ2n) is 13.7. The largest absolute Gasteiger partial charge is 0.504 e. The maximum atomic E-state index is 13.5. The van der Waals surface area contributed by atoms with Crippen molar-refractivity contribution in [2.24, 2.45) is 17.3 Å². The minimum atomic E-state index is -0.535. The number of phenolic OH excluding ortho intramolecular Hbond substituents is 2. The molecule has 5 atom stereocenters. The van der Waals surface area contributed by atoms with Crippen LogP contribution in [0.25, 0.3) is 6.08 Å². The first-order valence-corrected chi connectivity index (χ1v) is 17.1. The van der Waals surface area contributed by atoms with Crippen LogP contribution in [0.4, 0.5) is 0 Å². The molecule has 0 aromatic heterocycles. The molecule has 0 heterocycles. The Balaban J connectivity index is 1.50. The predicted octanol–water partition coefficient (Wildman–Crippen LogP) is 7.53. The van der Waals surface area contributed by atoms with Crippen molar-refractivity contribution in [1.82, 2.24) is 0 Å². The highest BCUT2D eigenvalue weighted by atomic mass is 16.6. The monoisotopic (exact) mass is 654 g/mol. The fourth-order valence-corrected chi connectivity index (χ4v) is 8.34. The molecule has 8 heteroatoms. The van der Waals surface area contributed by atoms with Gasteiger partial charge in [0.1, 0.15) is 12.2 Å². The minimum Gasteiger partial charge on any atom is -0.504 e. The number of hydrogen-bond acceptors (Lipinski definition) is 8. The lowest BCUT2D eigenvalue weighted by Crippen LogP contribution is -2.49. The summed E-state index contributed by atoms with van der Waals surface area (Å²) in [4.78, 5) is 26.2. The molecule has 3 aliphatic rings. The van der Waals surface area contributed by atoms with Crippen molar-refractivity contribution >= 4 is 18.0 Å². The van der Waals surface area contributed by atoms with Gasteiger partial charge in [-0.15, -0.1) is 0 Å². The second-order valence-corrected chi connectivity index (χ2v) is 13.7. The number of esters is 2. The summed E-state index contributed by atoms with van der Waals surface area (Å²) in [7, 11) is 3.07. The summed E-state index contributed by atoms with van der Waals surface area (Å²) in [6, 6.07) is 19.2. The molecule has 8 nitrogen and oxygen atoms in total. The maximum absolute atomic E-state index is 13.5. The van der Waals surface area contributed by atoms with Crippen LogP contribution in [0.15, 0.2) is 66.7 Å². The lowest BCUT2D eigenvalue weighted by molar-refractivity contribution is -0.164. The minimum absolute atomic E-state index is 0.0545. The van der Waals surface area contributed by atoms with E-state index in [-0.39, 0.29) is 41.2 Å². The molecule has 2 saturated carbocycles. The van der Waals surface area contributed by atoms with E-state index in [9.17, 15) is 19.8 Å². The lowest BCUT2D eigenvalue weighted by atomic mass is 9.56. The summed E-state index contributed by atoms with van der Waals surface area (Å²) in [6.07, 6.45) is 9.75. The number of fused-ring (bicyclic) bond motifs is 2. The molecule has 0 amide bonds. The standard InChI is InChI=1S/C40H46O8/c1-25(41)47-36-22-32(48-39(44)27-11-7-8-12-27)17-30(28-13-14-34(42)37(20-28)45-2)23-40(16-15-26-9-5-4-6-10-26)24-31-19-35(43)38(46-3)21-29(31)18-33(36)40/h4-6,9-10,13-16,19-21,27,30,32-33,36,42-43H,7-8,11-12,17-18,22-24H2,1-3H3/b16-15+/t30-,32+,33+,36-,40-/m1/s1. The van der Waals surface area contributed by atoms with E-state index in [1.165, 1.54) is 21.1 Å². The molecular formula is C40H46O8. The summed E-state index contributed by atoms with van der Waals surface area (Å²) in [5, 5.41) is 21.3. The molecular weight excluding hydrogens is 608 g/mol. The summed E-state index contributed by atoms with van der Waals surface area (Å²) < 4.78 is 23.6. The zero-order valence-electron chi connectivity index (χ0n) is 28.0. The average molecular weight is 655 g/mol. The fourth-order valence-electron chi connectivity index (χ4n) is 8.34. The number of rotatable bonds is 8. The van der Waals surface area contributed by atoms with Gasteiger partial charge in [-0.3, -0.25) is 9.59 Å². The molecule has 3 aromatic carbocycles. The number of ether oxygens (including phenoxy) is 4. The smallest absolute Gasteiger partial charge is 0.309 e. The van der Waals surface area contributed by atoms with E-state index in [1.807, 2.05) is 36.4 Å². The highest BCUT2D eigenvalue weighted by molar-refractivity contribution is 5.73. The third-order valence-electron chi connectivity index (χ3n) is 10.7. The molecule has 2 N–H and O–H groups in total. The second kappa shape index (κ2) is 14.3. The number of hydrogen-bond donors (Lipinski definition) is 2. The van der Waals surface area contributed by atoms with Crippen LogP contribution in [0.2, 0.25) is 0 Å². The van der Waals surface area contributed by atoms with Crippen LogP contribution in [-0.4, -0.2) is 48.6 Å². The number of phenols is 2. The summed E-state index contributed by atoms with van der Waals surface area (Å²) >= 11 is 0. The van der Waals surface area contributed by atoms with Gasteiger partial charge in [-0.25, -0.2) is 0 Å². The Hall–Kier alpha value is -4.46. The van der Waals surface area contributed by atoms with Gasteiger partial charge in [-0.05, 0) is 96.4 Å². The Labute approximate surface area is 282 Å². The number of carbonyl (C=O) groups is 2. The van der Waals surface area contributed by atoms with Gasteiger partial charge in [0.25, 0.3) is 0 Å². The van der Waals surface area contributed by atoms with Crippen molar-refractivity contribution in [3.8, 4) is 23.0 Å². The molecule has 3 aliphatic carbocycles. The number of benzene rings is 3. The molecule has 48 heavy (non-hydrogen) atoms. The Bertz CT molecular complexity index is 1640. The molecule has 254 valence electrons. The van der Waals surface area contributed by atoms with Gasteiger partial charge < -0.3 is 29.2 Å². The van der Waals surface area contributed by atoms with Crippen molar-refractivity contribution in [2.75, 3.05) is 14.2 Å². The highest BCUT2D eigenvalue weighted by Crippen LogP contribution is 2.54. The van der Waals surface area contributed by atoms with Crippen LogP contribution < -0.4 is 9.47 Å². The van der Waals surface area contributed by atoms with E-state index in [1.54, 1.807) is 12.1 Å². The number of aromatic hydroxyl groups is 2. The van der Waals surface area contributed by atoms with Crippen molar-refractivity contribution in [1.29, 1.82) is 0 Å². The normalized spacial score (nSPS) is 25.7. The van der Waals surface area contributed by atoms with E-state index >= 15 is 0 Å². The van der Waals surface area contributed by atoms with Crippen LogP contribution in [0.5, 0.6) is 23.0 Å². The molecule has 3 aromatic rings. The zero-order valence-corrected chi connectivity index (χ0v) is 28.0. The molecule has 6 rings (SSSR count). The average Bonchev–Trinajstić information content (AvgIpc) is 3.62. The SMILES string of the molecule is COc1cc([C@@H]2C[C@H](OC(=O)C3CCCC3)C[C@@H](OC(C)=O)[C@@H]3Cc4cc(OC)c(O)cc4C[C@@]3(/C=C/c3ccccc3)C2)ccc1O. The molecule has 0 bridgehead atoms. The van der Waals surface area contributed by atoms with E-state index in [2.05, 4.69) is 24.3 Å². The van der Waals surface area contributed by atoms with Gasteiger partial charge in [0.2, 0.25) is 0 Å². The number of methoxy groups -OCH3 is 2. The Kier molecular flexibility index (Phi) is 9.99. The Morgan fingerprint density at radius 3 is 2.29 bits per heavy atom. The van der Waals surface area contributed by atoms with Gasteiger partial charge in [0.15, 0.2) is 23.0 Å². The quantitative estimate of drug-likeness (QED) is 0.240. The summed E-state index contributed by atoms with van der Waals surface area (Å²) in [6.45, 7) is 1.43. The first kappa shape index (κ1) is 33.4. The van der Waals surface area contributed by atoms with Crippen LogP contribution in [0, 0.1) is 17.3 Å². The number of allylic oxidation sites excluding steroid dienone is 1. The molecule has 2 fully saturated rings. The summed E-state index contributed by atoms with van der Waals surface area (Å²) in [5.41, 5.74) is 3.52. The topological polar surface area (TPSA) is 112 Å². The van der Waals surface area contributed by atoms with Crippen LogP contribution in [0.1, 0.15) is 80.0 Å². The molecule has 0 aliphatic heterocycles. The first-order chi connectivity index (χ1) is 23.2. The predicted molar refractivity (Wildman–Crippen MR) is 182 cm³/mol. The van der Waals surface area contributed by atoms with Crippen LogP contribution in [-0.2, 0) is 31.9 Å².